The molecule has 0 saturated carbocycles. The van der Waals surface area contributed by atoms with Crippen LogP contribution in [0.5, 0.6) is 0 Å². The number of nitrogens with zero attached hydrogens (tertiary/aromatic N) is 3. The standard InChI is InChI=1S/C23H26FN3Si/c1-17(2)15-21(28(3,4)5)23-22(19-11-13-20(24)14-12-19)25-26-27(23)16-18-9-7-6-8-10-18/h6-14H,16H2,1-5H3. The number of benzene rings is 2. The Kier molecular flexibility index (Phi) is 5.78. The number of halogens is 1. The van der Waals surface area contributed by atoms with E-state index in [-0.39, 0.29) is 5.82 Å². The van der Waals surface area contributed by atoms with Crippen molar-refractivity contribution in [2.24, 2.45) is 0 Å². The molecule has 0 radical (unpaired) electrons. The van der Waals surface area contributed by atoms with Crippen LogP contribution < -0.4 is 0 Å². The second kappa shape index (κ2) is 8.09. The van der Waals surface area contributed by atoms with Gasteiger partial charge in [-0.3, -0.25) is 0 Å². The summed E-state index contributed by atoms with van der Waals surface area (Å²) in [6.07, 6.45) is 0. The highest BCUT2D eigenvalue weighted by Gasteiger charge is 2.28. The van der Waals surface area contributed by atoms with Gasteiger partial charge in [-0.1, -0.05) is 55.2 Å². The lowest BCUT2D eigenvalue weighted by molar-refractivity contribution is 0.628. The van der Waals surface area contributed by atoms with Gasteiger partial charge in [0.2, 0.25) is 0 Å². The van der Waals surface area contributed by atoms with Crippen LogP contribution in [0.3, 0.4) is 0 Å². The molecule has 5 heteroatoms. The van der Waals surface area contributed by atoms with E-state index < -0.39 is 8.07 Å². The average Bonchev–Trinajstić information content (AvgIpc) is 3.03. The molecule has 0 spiro atoms. The predicted octanol–water partition coefficient (Wildman–Crippen LogP) is 5.96. The lowest BCUT2D eigenvalue weighted by atomic mass is 10.1. The van der Waals surface area contributed by atoms with Crippen LogP contribution in [-0.2, 0) is 6.54 Å². The van der Waals surface area contributed by atoms with E-state index in [2.05, 4.69) is 61.7 Å². The zero-order valence-corrected chi connectivity index (χ0v) is 18.1. The topological polar surface area (TPSA) is 30.7 Å². The molecule has 3 aromatic rings. The summed E-state index contributed by atoms with van der Waals surface area (Å²) in [4.78, 5) is 0. The van der Waals surface area contributed by atoms with Gasteiger partial charge < -0.3 is 0 Å². The van der Waals surface area contributed by atoms with Crippen LogP contribution in [0.2, 0.25) is 19.6 Å². The first-order valence-electron chi connectivity index (χ1n) is 9.44. The molecule has 0 aliphatic heterocycles. The first-order valence-corrected chi connectivity index (χ1v) is 12.9. The summed E-state index contributed by atoms with van der Waals surface area (Å²) in [6, 6.07) is 16.7. The molecule has 0 aliphatic carbocycles. The van der Waals surface area contributed by atoms with Crippen molar-refractivity contribution in [2.45, 2.75) is 40.0 Å². The van der Waals surface area contributed by atoms with Crippen LogP contribution in [0.1, 0.15) is 25.1 Å². The van der Waals surface area contributed by atoms with Gasteiger partial charge in [0.15, 0.2) is 0 Å². The summed E-state index contributed by atoms with van der Waals surface area (Å²) in [5.41, 5.74) is 8.49. The number of aromatic nitrogens is 3. The Bertz CT molecular complexity index is 1020. The Morgan fingerprint density at radius 2 is 1.64 bits per heavy atom. The van der Waals surface area contributed by atoms with Crippen LogP contribution in [0, 0.1) is 5.82 Å². The van der Waals surface area contributed by atoms with Gasteiger partial charge in [0.1, 0.15) is 11.5 Å². The first-order chi connectivity index (χ1) is 13.3. The molecule has 0 amide bonds. The molecule has 3 nitrogen and oxygen atoms in total. The van der Waals surface area contributed by atoms with Crippen molar-refractivity contribution in [1.82, 2.24) is 15.0 Å². The molecule has 0 aliphatic rings. The zero-order chi connectivity index (χ0) is 20.3. The summed E-state index contributed by atoms with van der Waals surface area (Å²) < 4.78 is 15.4. The van der Waals surface area contributed by atoms with Crippen molar-refractivity contribution >= 4 is 13.3 Å². The third-order valence-corrected chi connectivity index (χ3v) is 6.25. The quantitative estimate of drug-likeness (QED) is 0.397. The molecule has 144 valence electrons. The Morgan fingerprint density at radius 3 is 2.21 bits per heavy atom. The average molecular weight is 392 g/mol. The maximum absolute atomic E-state index is 13.5. The van der Waals surface area contributed by atoms with Gasteiger partial charge in [0.25, 0.3) is 0 Å². The third-order valence-electron chi connectivity index (χ3n) is 4.39. The summed E-state index contributed by atoms with van der Waals surface area (Å²) in [5.74, 6) is -0.257. The van der Waals surface area contributed by atoms with Crippen molar-refractivity contribution in [1.29, 1.82) is 0 Å². The molecule has 1 heterocycles. The van der Waals surface area contributed by atoms with Crippen LogP contribution >= 0.6 is 0 Å². The monoisotopic (exact) mass is 391 g/mol. The second-order valence-electron chi connectivity index (χ2n) is 8.19. The van der Waals surface area contributed by atoms with Crippen LogP contribution in [0.25, 0.3) is 16.5 Å². The van der Waals surface area contributed by atoms with Gasteiger partial charge >= 0.3 is 0 Å². The van der Waals surface area contributed by atoms with E-state index in [1.807, 2.05) is 22.9 Å². The maximum atomic E-state index is 13.5. The fourth-order valence-electron chi connectivity index (χ4n) is 3.08. The van der Waals surface area contributed by atoms with E-state index in [4.69, 9.17) is 0 Å². The number of allylic oxidation sites excluding steroid dienone is 1. The van der Waals surface area contributed by atoms with Crippen molar-refractivity contribution in [3.8, 4) is 11.3 Å². The Balaban J connectivity index is 2.24. The fraction of sp³-hybridized carbons (Fsp3) is 0.261. The van der Waals surface area contributed by atoms with Gasteiger partial charge in [0.05, 0.1) is 20.3 Å². The number of hydrogen-bond donors (Lipinski definition) is 0. The SMILES string of the molecule is CC(C)=C=C(c1c(-c2ccc(F)cc2)nnn1Cc1ccccc1)[Si](C)(C)C. The lowest BCUT2D eigenvalue weighted by Gasteiger charge is -2.21. The van der Waals surface area contributed by atoms with E-state index >= 15 is 0 Å². The highest BCUT2D eigenvalue weighted by Crippen LogP contribution is 2.33. The molecule has 0 N–H and O–H groups in total. The summed E-state index contributed by atoms with van der Waals surface area (Å²) >= 11 is 0. The van der Waals surface area contributed by atoms with E-state index in [1.165, 1.54) is 17.3 Å². The van der Waals surface area contributed by atoms with E-state index in [0.717, 1.165) is 28.1 Å². The van der Waals surface area contributed by atoms with E-state index in [9.17, 15) is 4.39 Å². The maximum Gasteiger partial charge on any atom is 0.123 e. The normalized spacial score (nSPS) is 11.2. The number of hydrogen-bond acceptors (Lipinski definition) is 2. The molecule has 0 unspecified atom stereocenters. The Morgan fingerprint density at radius 1 is 1.00 bits per heavy atom. The molecule has 1 aromatic heterocycles. The van der Waals surface area contributed by atoms with Crippen LogP contribution in [0.4, 0.5) is 4.39 Å². The van der Waals surface area contributed by atoms with Gasteiger partial charge in [0, 0.05) is 10.8 Å². The van der Waals surface area contributed by atoms with Crippen LogP contribution in [0.15, 0.2) is 65.9 Å². The largest absolute Gasteiger partial charge is 0.240 e. The first kappa shape index (κ1) is 20.0. The molecule has 0 atom stereocenters. The molecule has 2 aromatic carbocycles. The Labute approximate surface area is 167 Å². The minimum Gasteiger partial charge on any atom is -0.240 e. The summed E-state index contributed by atoms with van der Waals surface area (Å²) in [5, 5.41) is 10.1. The van der Waals surface area contributed by atoms with Crippen molar-refractivity contribution < 1.29 is 4.39 Å². The summed E-state index contributed by atoms with van der Waals surface area (Å²) in [7, 11) is -1.77. The second-order valence-corrected chi connectivity index (χ2v) is 13.2. The van der Waals surface area contributed by atoms with Crippen molar-refractivity contribution in [3.05, 3.63) is 83.0 Å². The van der Waals surface area contributed by atoms with Crippen molar-refractivity contribution in [2.75, 3.05) is 0 Å². The minimum absolute atomic E-state index is 0.257. The van der Waals surface area contributed by atoms with E-state index in [1.54, 1.807) is 12.1 Å². The summed E-state index contributed by atoms with van der Waals surface area (Å²) in [6.45, 7) is 11.6. The van der Waals surface area contributed by atoms with Gasteiger partial charge in [-0.15, -0.1) is 10.8 Å². The zero-order valence-electron chi connectivity index (χ0n) is 17.1. The van der Waals surface area contributed by atoms with E-state index in [0.29, 0.717) is 6.54 Å². The molecule has 28 heavy (non-hydrogen) atoms. The van der Waals surface area contributed by atoms with Gasteiger partial charge in [-0.05, 0) is 49.2 Å². The molecule has 0 bridgehead atoms. The number of rotatable bonds is 5. The molecule has 0 saturated heterocycles. The van der Waals surface area contributed by atoms with Gasteiger partial charge in [-0.2, -0.15) is 0 Å². The fourth-order valence-corrected chi connectivity index (χ4v) is 4.66. The molecule has 0 fully saturated rings. The minimum atomic E-state index is -1.77. The molecular weight excluding hydrogens is 365 g/mol. The lowest BCUT2D eigenvalue weighted by Crippen LogP contribution is -2.25. The predicted molar refractivity (Wildman–Crippen MR) is 116 cm³/mol. The smallest absolute Gasteiger partial charge is 0.123 e. The Hall–Kier alpha value is -2.75. The highest BCUT2D eigenvalue weighted by molar-refractivity contribution is 6.93. The third kappa shape index (κ3) is 4.56. The molecule has 3 rings (SSSR count). The van der Waals surface area contributed by atoms with Crippen LogP contribution in [-0.4, -0.2) is 23.1 Å². The van der Waals surface area contributed by atoms with Crippen molar-refractivity contribution in [3.63, 3.8) is 0 Å². The highest BCUT2D eigenvalue weighted by atomic mass is 28.3. The molecular formula is C23H26FN3Si. The van der Waals surface area contributed by atoms with Gasteiger partial charge in [-0.25, -0.2) is 9.07 Å².